The molecular formula is C19H18N2O7S. The lowest BCUT2D eigenvalue weighted by Gasteiger charge is -2.19. The van der Waals surface area contributed by atoms with Crippen LogP contribution in [0.5, 0.6) is 11.5 Å². The minimum absolute atomic E-state index is 0.206. The molecule has 0 fully saturated rings. The number of hydrogen-bond acceptors (Lipinski definition) is 8. The summed E-state index contributed by atoms with van der Waals surface area (Å²) in [6, 6.07) is 7.56. The van der Waals surface area contributed by atoms with Crippen molar-refractivity contribution in [2.24, 2.45) is 0 Å². The van der Waals surface area contributed by atoms with Gasteiger partial charge in [-0.25, -0.2) is 14.4 Å². The Morgan fingerprint density at radius 3 is 2.45 bits per heavy atom. The van der Waals surface area contributed by atoms with Crippen LogP contribution >= 0.6 is 11.3 Å². The Bertz CT molecular complexity index is 1140. The van der Waals surface area contributed by atoms with Crippen LogP contribution in [-0.4, -0.2) is 40.4 Å². The standard InChI is InChI=1S/C19H18N2O7S/c1-21(10-5-6-12(25-2)13(7-10)26-3)19(24)20-16-9-14-15(29-16)8-11(17(22)27-4)18(23)28-14/h5-9H,1-4H3,(H,20,24). The number of nitrogens with one attached hydrogen (secondary N) is 1. The van der Waals surface area contributed by atoms with E-state index in [2.05, 4.69) is 10.1 Å². The molecule has 0 saturated heterocycles. The minimum Gasteiger partial charge on any atom is -0.493 e. The smallest absolute Gasteiger partial charge is 0.351 e. The van der Waals surface area contributed by atoms with Crippen LogP contribution in [0.4, 0.5) is 15.5 Å². The van der Waals surface area contributed by atoms with E-state index in [9.17, 15) is 14.4 Å². The molecule has 0 aliphatic carbocycles. The van der Waals surface area contributed by atoms with Gasteiger partial charge in [0.15, 0.2) is 17.1 Å². The average Bonchev–Trinajstić information content (AvgIpc) is 3.12. The van der Waals surface area contributed by atoms with Crippen molar-refractivity contribution in [1.29, 1.82) is 0 Å². The highest BCUT2D eigenvalue weighted by molar-refractivity contribution is 7.22. The predicted octanol–water partition coefficient (Wildman–Crippen LogP) is 3.33. The second-order valence-corrected chi connectivity index (χ2v) is 6.89. The van der Waals surface area contributed by atoms with Gasteiger partial charge in [0.25, 0.3) is 0 Å². The molecule has 29 heavy (non-hydrogen) atoms. The number of carbonyl (C=O) groups excluding carboxylic acids is 2. The molecule has 9 nitrogen and oxygen atoms in total. The van der Waals surface area contributed by atoms with Gasteiger partial charge in [0, 0.05) is 24.9 Å². The van der Waals surface area contributed by atoms with Crippen molar-refractivity contribution in [3.05, 3.63) is 46.3 Å². The van der Waals surface area contributed by atoms with Gasteiger partial charge in [-0.2, -0.15) is 0 Å². The Kier molecular flexibility index (Phi) is 5.74. The van der Waals surface area contributed by atoms with Crippen LogP contribution < -0.4 is 25.3 Å². The number of esters is 1. The summed E-state index contributed by atoms with van der Waals surface area (Å²) in [5, 5.41) is 3.18. The van der Waals surface area contributed by atoms with Crippen molar-refractivity contribution in [2.45, 2.75) is 0 Å². The van der Waals surface area contributed by atoms with Crippen molar-refractivity contribution >= 4 is 44.3 Å². The van der Waals surface area contributed by atoms with Crippen molar-refractivity contribution in [3.8, 4) is 11.5 Å². The van der Waals surface area contributed by atoms with Crippen molar-refractivity contribution in [3.63, 3.8) is 0 Å². The summed E-state index contributed by atoms with van der Waals surface area (Å²) in [7, 11) is 5.81. The maximum Gasteiger partial charge on any atom is 0.351 e. The Morgan fingerprint density at radius 1 is 1.07 bits per heavy atom. The topological polar surface area (TPSA) is 107 Å². The van der Waals surface area contributed by atoms with E-state index in [-0.39, 0.29) is 11.1 Å². The summed E-state index contributed by atoms with van der Waals surface area (Å²) in [6.45, 7) is 0. The molecule has 0 saturated carbocycles. The van der Waals surface area contributed by atoms with E-state index in [0.29, 0.717) is 26.9 Å². The number of urea groups is 1. The summed E-state index contributed by atoms with van der Waals surface area (Å²) < 4.78 is 20.7. The van der Waals surface area contributed by atoms with Gasteiger partial charge in [-0.3, -0.25) is 10.2 Å². The van der Waals surface area contributed by atoms with Gasteiger partial charge in [-0.15, -0.1) is 11.3 Å². The summed E-state index contributed by atoms with van der Waals surface area (Å²) in [4.78, 5) is 37.5. The molecule has 1 aromatic carbocycles. The Balaban J connectivity index is 1.84. The van der Waals surface area contributed by atoms with Gasteiger partial charge < -0.3 is 18.6 Å². The number of hydrogen-bond donors (Lipinski definition) is 1. The lowest BCUT2D eigenvalue weighted by molar-refractivity contribution is 0.0596. The first-order chi connectivity index (χ1) is 13.9. The molecule has 2 aromatic heterocycles. The largest absolute Gasteiger partial charge is 0.493 e. The summed E-state index contributed by atoms with van der Waals surface area (Å²) in [5.74, 6) is 0.252. The lowest BCUT2D eigenvalue weighted by atomic mass is 10.2. The zero-order valence-corrected chi connectivity index (χ0v) is 16.9. The fourth-order valence-electron chi connectivity index (χ4n) is 2.57. The molecule has 0 unspecified atom stereocenters. The van der Waals surface area contributed by atoms with Gasteiger partial charge in [0.2, 0.25) is 0 Å². The van der Waals surface area contributed by atoms with Gasteiger partial charge in [0.05, 0.1) is 26.0 Å². The molecule has 3 aromatic rings. The summed E-state index contributed by atoms with van der Waals surface area (Å²) >= 11 is 1.16. The molecule has 0 atom stereocenters. The normalized spacial score (nSPS) is 10.5. The third-order valence-electron chi connectivity index (χ3n) is 4.12. The van der Waals surface area contributed by atoms with Crippen molar-refractivity contribution in [1.82, 2.24) is 0 Å². The van der Waals surface area contributed by atoms with E-state index in [4.69, 9.17) is 13.9 Å². The molecule has 0 spiro atoms. The van der Waals surface area contributed by atoms with Crippen LogP contribution in [0.15, 0.2) is 39.5 Å². The number of amides is 2. The van der Waals surface area contributed by atoms with Crippen LogP contribution in [-0.2, 0) is 4.74 Å². The zero-order chi connectivity index (χ0) is 21.1. The monoisotopic (exact) mass is 418 g/mol. The first kappa shape index (κ1) is 20.2. The highest BCUT2D eigenvalue weighted by Gasteiger charge is 2.18. The van der Waals surface area contributed by atoms with E-state index in [0.717, 1.165) is 11.3 Å². The number of ether oxygens (including phenoxy) is 3. The summed E-state index contributed by atoms with van der Waals surface area (Å²) in [6.07, 6.45) is 0. The summed E-state index contributed by atoms with van der Waals surface area (Å²) in [5.41, 5.74) is -0.165. The number of benzene rings is 1. The first-order valence-electron chi connectivity index (χ1n) is 8.30. The average molecular weight is 418 g/mol. The highest BCUT2D eigenvalue weighted by Crippen LogP contribution is 2.32. The van der Waals surface area contributed by atoms with E-state index in [1.807, 2.05) is 0 Å². The maximum absolute atomic E-state index is 12.6. The van der Waals surface area contributed by atoms with Gasteiger partial charge in [0.1, 0.15) is 10.6 Å². The first-order valence-corrected chi connectivity index (χ1v) is 9.12. The molecular weight excluding hydrogens is 400 g/mol. The molecule has 0 aliphatic heterocycles. The van der Waals surface area contributed by atoms with E-state index in [1.54, 1.807) is 25.2 Å². The number of rotatable bonds is 5. The van der Waals surface area contributed by atoms with E-state index in [1.165, 1.54) is 38.4 Å². The molecule has 0 radical (unpaired) electrons. The number of nitrogens with zero attached hydrogens (tertiary/aromatic N) is 1. The zero-order valence-electron chi connectivity index (χ0n) is 16.1. The van der Waals surface area contributed by atoms with Crippen LogP contribution in [0.3, 0.4) is 0 Å². The fraction of sp³-hybridized carbons (Fsp3) is 0.211. The second kappa shape index (κ2) is 8.23. The third-order valence-corrected chi connectivity index (χ3v) is 5.10. The molecule has 152 valence electrons. The van der Waals surface area contributed by atoms with Crippen molar-refractivity contribution in [2.75, 3.05) is 38.6 Å². The molecule has 2 amide bonds. The number of methoxy groups -OCH3 is 3. The molecule has 0 bridgehead atoms. The predicted molar refractivity (Wildman–Crippen MR) is 109 cm³/mol. The van der Waals surface area contributed by atoms with Gasteiger partial charge in [-0.1, -0.05) is 0 Å². The molecule has 2 heterocycles. The number of fused-ring (bicyclic) bond motifs is 1. The highest BCUT2D eigenvalue weighted by atomic mass is 32.1. The van der Waals surface area contributed by atoms with Crippen LogP contribution in [0.1, 0.15) is 10.4 Å². The molecule has 3 rings (SSSR count). The Hall–Kier alpha value is -3.53. The molecule has 0 aliphatic rings. The minimum atomic E-state index is -0.803. The van der Waals surface area contributed by atoms with Gasteiger partial charge in [-0.05, 0) is 18.2 Å². The number of anilines is 2. The van der Waals surface area contributed by atoms with Crippen LogP contribution in [0.2, 0.25) is 0 Å². The molecule has 10 heteroatoms. The second-order valence-electron chi connectivity index (χ2n) is 5.81. The number of thiophene rings is 1. The lowest BCUT2D eigenvalue weighted by Crippen LogP contribution is -2.30. The van der Waals surface area contributed by atoms with E-state index < -0.39 is 17.6 Å². The Labute approximate surface area is 169 Å². The third kappa shape index (κ3) is 4.02. The number of carbonyl (C=O) groups is 2. The maximum atomic E-state index is 12.6. The van der Waals surface area contributed by atoms with Crippen LogP contribution in [0.25, 0.3) is 10.3 Å². The molecule has 1 N–H and O–H groups in total. The van der Waals surface area contributed by atoms with Crippen LogP contribution in [0, 0.1) is 0 Å². The SMILES string of the molecule is COC(=O)c1cc2sc(NC(=O)N(C)c3ccc(OC)c(OC)c3)cc2oc1=O. The Morgan fingerprint density at radius 2 is 1.79 bits per heavy atom. The van der Waals surface area contributed by atoms with Crippen molar-refractivity contribution < 1.29 is 28.2 Å². The van der Waals surface area contributed by atoms with E-state index >= 15 is 0 Å². The van der Waals surface area contributed by atoms with Gasteiger partial charge >= 0.3 is 17.6 Å². The fourth-order valence-corrected chi connectivity index (χ4v) is 3.49. The quantitative estimate of drug-likeness (QED) is 0.633.